The summed E-state index contributed by atoms with van der Waals surface area (Å²) < 4.78 is 14.0. The van der Waals surface area contributed by atoms with Gasteiger partial charge in [-0.25, -0.2) is 9.59 Å². The fourth-order valence-corrected chi connectivity index (χ4v) is 2.08. The quantitative estimate of drug-likeness (QED) is 0.272. The van der Waals surface area contributed by atoms with Crippen LogP contribution in [-0.2, 0) is 23.9 Å². The third-order valence-corrected chi connectivity index (χ3v) is 3.32. The zero-order valence-electron chi connectivity index (χ0n) is 12.6. The smallest absolute Gasteiger partial charge is 0.379 e. The zero-order chi connectivity index (χ0) is 17.9. The van der Waals surface area contributed by atoms with Crippen LogP contribution >= 0.6 is 11.6 Å². The number of hydrogen-bond acceptors (Lipinski definition) is 7. The van der Waals surface area contributed by atoms with Crippen LogP contribution in [0.4, 0.5) is 0 Å². The summed E-state index contributed by atoms with van der Waals surface area (Å²) in [6.45, 7) is 0. The van der Waals surface area contributed by atoms with E-state index < -0.39 is 28.7 Å². The highest BCUT2D eigenvalue weighted by Crippen LogP contribution is 2.18. The Morgan fingerprint density at radius 3 is 2.42 bits per heavy atom. The molecule has 1 aromatic carbocycles. The van der Waals surface area contributed by atoms with Crippen molar-refractivity contribution in [1.82, 2.24) is 0 Å². The molecule has 1 aromatic heterocycles. The minimum absolute atomic E-state index is 0.123. The first kappa shape index (κ1) is 17.4. The van der Waals surface area contributed by atoms with Gasteiger partial charge in [-0.15, -0.1) is 0 Å². The van der Waals surface area contributed by atoms with Gasteiger partial charge < -0.3 is 13.9 Å². The molecule has 0 aliphatic heterocycles. The second-order valence-corrected chi connectivity index (χ2v) is 4.97. The maximum Gasteiger partial charge on any atom is 0.379 e. The molecule has 0 spiro atoms. The summed E-state index contributed by atoms with van der Waals surface area (Å²) in [5, 5.41) is 0.473. The molecule has 0 saturated carbocycles. The van der Waals surface area contributed by atoms with Crippen LogP contribution in [0.5, 0.6) is 0 Å². The van der Waals surface area contributed by atoms with Gasteiger partial charge in [0.05, 0.1) is 25.2 Å². The molecule has 8 heteroatoms. The van der Waals surface area contributed by atoms with Crippen LogP contribution in [0, 0.1) is 0 Å². The van der Waals surface area contributed by atoms with Crippen molar-refractivity contribution in [3.05, 3.63) is 50.8 Å². The lowest BCUT2D eigenvalue weighted by Gasteiger charge is -2.04. The van der Waals surface area contributed by atoms with Crippen LogP contribution in [0.15, 0.2) is 39.2 Å². The summed E-state index contributed by atoms with van der Waals surface area (Å²) in [6.07, 6.45) is 1.98. The molecule has 0 fully saturated rings. The molecule has 124 valence electrons. The molecule has 2 rings (SSSR count). The van der Waals surface area contributed by atoms with Crippen LogP contribution < -0.4 is 5.43 Å². The molecular formula is C16H11ClO7. The number of carbonyl (C=O) groups is 3. The van der Waals surface area contributed by atoms with Crippen molar-refractivity contribution >= 4 is 46.4 Å². The monoisotopic (exact) mass is 350 g/mol. The molecule has 1 heterocycles. The number of fused-ring (bicyclic) bond motifs is 1. The fraction of sp³-hybridized carbons (Fsp3) is 0.125. The number of halogens is 1. The lowest BCUT2D eigenvalue weighted by atomic mass is 10.1. The summed E-state index contributed by atoms with van der Waals surface area (Å²) in [5.41, 5.74) is -1.03. The minimum Gasteiger partial charge on any atom is -0.465 e. The first-order valence-corrected chi connectivity index (χ1v) is 6.90. The highest BCUT2D eigenvalue weighted by atomic mass is 35.5. The molecule has 7 nitrogen and oxygen atoms in total. The van der Waals surface area contributed by atoms with Crippen LogP contribution in [0.2, 0.25) is 5.02 Å². The maximum atomic E-state index is 12.4. The van der Waals surface area contributed by atoms with Crippen molar-refractivity contribution in [2.45, 2.75) is 0 Å². The van der Waals surface area contributed by atoms with Gasteiger partial charge in [0.2, 0.25) is 0 Å². The van der Waals surface area contributed by atoms with Gasteiger partial charge in [-0.2, -0.15) is 0 Å². The topological polar surface area (TPSA) is 99.9 Å². The van der Waals surface area contributed by atoms with Gasteiger partial charge in [0.15, 0.2) is 5.43 Å². The lowest BCUT2D eigenvalue weighted by Crippen LogP contribution is -2.24. The van der Waals surface area contributed by atoms with Gasteiger partial charge in [0.25, 0.3) is 5.78 Å². The largest absolute Gasteiger partial charge is 0.465 e. The summed E-state index contributed by atoms with van der Waals surface area (Å²) in [4.78, 5) is 47.5. The standard InChI is InChI=1S/C16H11ClO7/c1-22-15(20)11(14(19)16(21)23-2)5-8-7-24-12-4-3-9(17)6-10(12)13(8)18/h3-7H,1-2H3/b11-5+. The summed E-state index contributed by atoms with van der Waals surface area (Å²) >= 11 is 5.85. The molecule has 0 N–H and O–H groups in total. The average molecular weight is 351 g/mol. The molecule has 0 aliphatic carbocycles. The lowest BCUT2D eigenvalue weighted by molar-refractivity contribution is -0.151. The van der Waals surface area contributed by atoms with Crippen molar-refractivity contribution in [1.29, 1.82) is 0 Å². The molecule has 0 bridgehead atoms. The molecule has 24 heavy (non-hydrogen) atoms. The van der Waals surface area contributed by atoms with E-state index in [0.29, 0.717) is 5.02 Å². The molecule has 0 amide bonds. The normalized spacial score (nSPS) is 11.2. The Bertz CT molecular complexity index is 924. The third-order valence-electron chi connectivity index (χ3n) is 3.08. The van der Waals surface area contributed by atoms with Crippen molar-refractivity contribution in [2.24, 2.45) is 0 Å². The third kappa shape index (κ3) is 3.36. The number of ether oxygens (including phenoxy) is 2. The molecule has 0 unspecified atom stereocenters. The van der Waals surface area contributed by atoms with Gasteiger partial charge in [-0.1, -0.05) is 11.6 Å². The summed E-state index contributed by atoms with van der Waals surface area (Å²) in [7, 11) is 2.02. The van der Waals surface area contributed by atoms with E-state index in [-0.39, 0.29) is 16.5 Å². The predicted molar refractivity (Wildman–Crippen MR) is 84.5 cm³/mol. The Morgan fingerprint density at radius 1 is 1.12 bits per heavy atom. The second-order valence-electron chi connectivity index (χ2n) is 4.53. The fourth-order valence-electron chi connectivity index (χ4n) is 1.90. The van der Waals surface area contributed by atoms with Gasteiger partial charge in [-0.05, 0) is 24.3 Å². The second kappa shape index (κ2) is 7.10. The summed E-state index contributed by atoms with van der Waals surface area (Å²) in [5.74, 6) is -3.59. The Hall–Kier alpha value is -2.93. The SMILES string of the molecule is COC(=O)C(=O)/C(=C\c1coc2ccc(Cl)cc2c1=O)C(=O)OC. The average Bonchev–Trinajstić information content (AvgIpc) is 2.59. The Morgan fingerprint density at radius 2 is 1.79 bits per heavy atom. The number of carbonyl (C=O) groups excluding carboxylic acids is 3. The van der Waals surface area contributed by atoms with E-state index in [4.69, 9.17) is 16.0 Å². The number of rotatable bonds is 4. The molecule has 0 atom stereocenters. The van der Waals surface area contributed by atoms with Crippen molar-refractivity contribution < 1.29 is 28.3 Å². The first-order chi connectivity index (χ1) is 11.4. The number of hydrogen-bond donors (Lipinski definition) is 0. The van der Waals surface area contributed by atoms with Crippen LogP contribution in [-0.4, -0.2) is 31.9 Å². The highest BCUT2D eigenvalue weighted by Gasteiger charge is 2.27. The van der Waals surface area contributed by atoms with Crippen molar-refractivity contribution in [3.8, 4) is 0 Å². The number of benzene rings is 1. The Balaban J connectivity index is 2.65. The van der Waals surface area contributed by atoms with E-state index in [2.05, 4.69) is 9.47 Å². The van der Waals surface area contributed by atoms with E-state index in [1.165, 1.54) is 12.1 Å². The number of methoxy groups -OCH3 is 2. The van der Waals surface area contributed by atoms with E-state index in [1.54, 1.807) is 6.07 Å². The Kier molecular flexibility index (Phi) is 5.15. The number of esters is 2. The van der Waals surface area contributed by atoms with E-state index >= 15 is 0 Å². The zero-order valence-corrected chi connectivity index (χ0v) is 13.4. The van der Waals surface area contributed by atoms with E-state index in [1.807, 2.05) is 0 Å². The molecule has 0 saturated heterocycles. The van der Waals surface area contributed by atoms with Crippen LogP contribution in [0.3, 0.4) is 0 Å². The maximum absolute atomic E-state index is 12.4. The molecule has 0 aliphatic rings. The first-order valence-electron chi connectivity index (χ1n) is 6.52. The Labute approximate surface area is 140 Å². The molecule has 2 aromatic rings. The number of ketones is 1. The summed E-state index contributed by atoms with van der Waals surface area (Å²) in [6, 6.07) is 4.44. The predicted octanol–water partition coefficient (Wildman–Crippen LogP) is 1.74. The van der Waals surface area contributed by atoms with Crippen LogP contribution in [0.25, 0.3) is 17.0 Å². The van der Waals surface area contributed by atoms with E-state index in [9.17, 15) is 19.2 Å². The van der Waals surface area contributed by atoms with Crippen molar-refractivity contribution in [2.75, 3.05) is 14.2 Å². The minimum atomic E-state index is -1.26. The van der Waals surface area contributed by atoms with Gasteiger partial charge in [0, 0.05) is 5.02 Å². The van der Waals surface area contributed by atoms with E-state index in [0.717, 1.165) is 26.6 Å². The van der Waals surface area contributed by atoms with Crippen molar-refractivity contribution in [3.63, 3.8) is 0 Å². The van der Waals surface area contributed by atoms with Gasteiger partial charge in [-0.3, -0.25) is 9.59 Å². The molecule has 0 radical (unpaired) electrons. The van der Waals surface area contributed by atoms with Gasteiger partial charge >= 0.3 is 11.9 Å². The molecular weight excluding hydrogens is 340 g/mol. The highest BCUT2D eigenvalue weighted by molar-refractivity contribution is 6.47. The van der Waals surface area contributed by atoms with Crippen LogP contribution in [0.1, 0.15) is 5.56 Å². The number of Topliss-reactive ketones (excluding diaryl/α,β-unsaturated/α-hetero) is 1. The van der Waals surface area contributed by atoms with Gasteiger partial charge in [0.1, 0.15) is 17.4 Å².